The maximum absolute atomic E-state index is 4.65. The first-order valence-corrected chi connectivity index (χ1v) is 6.53. The van der Waals surface area contributed by atoms with Crippen molar-refractivity contribution in [3.8, 4) is 0 Å². The monoisotopic (exact) mass is 224 g/mol. The van der Waals surface area contributed by atoms with Crippen molar-refractivity contribution >= 4 is 11.3 Å². The van der Waals surface area contributed by atoms with E-state index in [1.165, 1.54) is 34.8 Å². The fourth-order valence-corrected chi connectivity index (χ4v) is 2.84. The highest BCUT2D eigenvalue weighted by molar-refractivity contribution is 7.11. The summed E-state index contributed by atoms with van der Waals surface area (Å²) in [6, 6.07) is 0.713. The van der Waals surface area contributed by atoms with E-state index in [2.05, 4.69) is 38.0 Å². The molecule has 84 valence electrons. The van der Waals surface area contributed by atoms with Crippen molar-refractivity contribution < 1.29 is 0 Å². The zero-order valence-electron chi connectivity index (χ0n) is 10.1. The summed E-state index contributed by atoms with van der Waals surface area (Å²) in [5.74, 6) is 0. The third-order valence-corrected chi connectivity index (χ3v) is 4.63. The molecule has 0 aliphatic heterocycles. The smallest absolute Gasteiger partial charge is 0.113 e. The summed E-state index contributed by atoms with van der Waals surface area (Å²) in [5, 5.41) is 4.92. The zero-order chi connectivity index (χ0) is 11.1. The minimum absolute atomic E-state index is 0.0365. The lowest BCUT2D eigenvalue weighted by molar-refractivity contribution is 0.254. The van der Waals surface area contributed by atoms with Gasteiger partial charge >= 0.3 is 0 Å². The van der Waals surface area contributed by atoms with E-state index in [4.69, 9.17) is 0 Å². The van der Waals surface area contributed by atoms with Crippen LogP contribution < -0.4 is 5.32 Å². The molecule has 15 heavy (non-hydrogen) atoms. The SMILES string of the molecule is Cc1nc(C(C)(C)NC2CCC2)sc1C. The molecular weight excluding hydrogens is 204 g/mol. The number of rotatable bonds is 3. The average molecular weight is 224 g/mol. The number of hydrogen-bond acceptors (Lipinski definition) is 3. The van der Waals surface area contributed by atoms with Gasteiger partial charge in [-0.05, 0) is 40.5 Å². The maximum Gasteiger partial charge on any atom is 0.113 e. The van der Waals surface area contributed by atoms with Gasteiger partial charge in [0.25, 0.3) is 0 Å². The summed E-state index contributed by atoms with van der Waals surface area (Å²) in [4.78, 5) is 5.99. The van der Waals surface area contributed by atoms with E-state index in [9.17, 15) is 0 Å². The standard InChI is InChI=1S/C12H20N2S/c1-8-9(2)15-11(13-8)12(3,4)14-10-6-5-7-10/h10,14H,5-7H2,1-4H3. The second kappa shape index (κ2) is 3.87. The van der Waals surface area contributed by atoms with Crippen LogP contribution in [0.1, 0.15) is 48.7 Å². The van der Waals surface area contributed by atoms with Gasteiger partial charge in [-0.1, -0.05) is 6.42 Å². The normalized spacial score (nSPS) is 17.9. The molecule has 1 aromatic heterocycles. The highest BCUT2D eigenvalue weighted by Gasteiger charge is 2.30. The third kappa shape index (κ3) is 2.23. The van der Waals surface area contributed by atoms with Gasteiger partial charge < -0.3 is 5.32 Å². The lowest BCUT2D eigenvalue weighted by Crippen LogP contribution is -2.46. The van der Waals surface area contributed by atoms with Crippen LogP contribution in [0.3, 0.4) is 0 Å². The van der Waals surface area contributed by atoms with Crippen LogP contribution in [-0.4, -0.2) is 11.0 Å². The Morgan fingerprint density at radius 1 is 1.33 bits per heavy atom. The van der Waals surface area contributed by atoms with Crippen LogP contribution in [0.15, 0.2) is 0 Å². The molecule has 1 heterocycles. The Bertz CT molecular complexity index is 331. The molecule has 0 spiro atoms. The highest BCUT2D eigenvalue weighted by atomic mass is 32.1. The van der Waals surface area contributed by atoms with Gasteiger partial charge in [0.1, 0.15) is 5.01 Å². The van der Waals surface area contributed by atoms with E-state index in [-0.39, 0.29) is 5.54 Å². The molecule has 1 aromatic rings. The van der Waals surface area contributed by atoms with Crippen molar-refractivity contribution in [2.75, 3.05) is 0 Å². The second-order valence-electron chi connectivity index (χ2n) is 5.06. The van der Waals surface area contributed by atoms with E-state index < -0.39 is 0 Å². The Hall–Kier alpha value is -0.410. The summed E-state index contributed by atoms with van der Waals surface area (Å²) >= 11 is 1.82. The van der Waals surface area contributed by atoms with Crippen LogP contribution in [-0.2, 0) is 5.54 Å². The topological polar surface area (TPSA) is 24.9 Å². The van der Waals surface area contributed by atoms with Gasteiger partial charge in [0.15, 0.2) is 0 Å². The molecule has 2 rings (SSSR count). The van der Waals surface area contributed by atoms with Crippen LogP contribution in [0.2, 0.25) is 0 Å². The summed E-state index contributed by atoms with van der Waals surface area (Å²) in [7, 11) is 0. The van der Waals surface area contributed by atoms with Crippen molar-refractivity contribution in [3.05, 3.63) is 15.6 Å². The molecular formula is C12H20N2S. The van der Waals surface area contributed by atoms with E-state index in [0.717, 1.165) is 0 Å². The van der Waals surface area contributed by atoms with Gasteiger partial charge in [-0.2, -0.15) is 0 Å². The Morgan fingerprint density at radius 2 is 2.00 bits per heavy atom. The lowest BCUT2D eigenvalue weighted by atomic mass is 9.90. The first-order chi connectivity index (χ1) is 6.99. The number of hydrogen-bond donors (Lipinski definition) is 1. The molecule has 0 radical (unpaired) electrons. The predicted octanol–water partition coefficient (Wildman–Crippen LogP) is 3.14. The summed E-state index contributed by atoms with van der Waals surface area (Å²) in [6.45, 7) is 8.72. The number of nitrogens with one attached hydrogen (secondary N) is 1. The van der Waals surface area contributed by atoms with Crippen LogP contribution >= 0.6 is 11.3 Å². The number of aryl methyl sites for hydroxylation is 2. The first kappa shape index (κ1) is 11.1. The third-order valence-electron chi connectivity index (χ3n) is 3.23. The molecule has 3 heteroatoms. The minimum Gasteiger partial charge on any atom is -0.303 e. The van der Waals surface area contributed by atoms with Gasteiger partial charge in [0.05, 0.1) is 11.2 Å². The molecule has 0 unspecified atom stereocenters. The van der Waals surface area contributed by atoms with E-state index >= 15 is 0 Å². The zero-order valence-corrected chi connectivity index (χ0v) is 10.9. The maximum atomic E-state index is 4.65. The fourth-order valence-electron chi connectivity index (χ4n) is 1.86. The molecule has 1 saturated carbocycles. The lowest BCUT2D eigenvalue weighted by Gasteiger charge is -2.35. The fraction of sp³-hybridized carbons (Fsp3) is 0.750. The molecule has 1 fully saturated rings. The van der Waals surface area contributed by atoms with Crippen molar-refractivity contribution in [1.29, 1.82) is 0 Å². The second-order valence-corrected chi connectivity index (χ2v) is 6.26. The molecule has 0 amide bonds. The molecule has 0 saturated heterocycles. The molecule has 1 aliphatic carbocycles. The summed E-state index contributed by atoms with van der Waals surface area (Å²) in [5.41, 5.74) is 1.22. The van der Waals surface area contributed by atoms with Crippen molar-refractivity contribution in [2.24, 2.45) is 0 Å². The molecule has 0 atom stereocenters. The Kier molecular flexibility index (Phi) is 2.86. The van der Waals surface area contributed by atoms with Gasteiger partial charge in [-0.3, -0.25) is 0 Å². The average Bonchev–Trinajstić information content (AvgIpc) is 2.41. The summed E-state index contributed by atoms with van der Waals surface area (Å²) < 4.78 is 0. The number of aromatic nitrogens is 1. The Labute approximate surface area is 96.1 Å². The largest absolute Gasteiger partial charge is 0.303 e. The van der Waals surface area contributed by atoms with Gasteiger partial charge in [-0.25, -0.2) is 4.98 Å². The highest BCUT2D eigenvalue weighted by Crippen LogP contribution is 2.30. The van der Waals surface area contributed by atoms with Gasteiger partial charge in [0.2, 0.25) is 0 Å². The quantitative estimate of drug-likeness (QED) is 0.853. The van der Waals surface area contributed by atoms with Crippen LogP contribution in [0.5, 0.6) is 0 Å². The molecule has 2 nitrogen and oxygen atoms in total. The van der Waals surface area contributed by atoms with Crippen molar-refractivity contribution in [1.82, 2.24) is 10.3 Å². The molecule has 0 bridgehead atoms. The predicted molar refractivity (Wildman–Crippen MR) is 65.4 cm³/mol. The van der Waals surface area contributed by atoms with Crippen LogP contribution in [0.25, 0.3) is 0 Å². The van der Waals surface area contributed by atoms with E-state index in [1.807, 2.05) is 11.3 Å². The van der Waals surface area contributed by atoms with E-state index in [1.54, 1.807) is 0 Å². The molecule has 1 N–H and O–H groups in total. The number of nitrogens with zero attached hydrogens (tertiary/aromatic N) is 1. The van der Waals surface area contributed by atoms with E-state index in [0.29, 0.717) is 6.04 Å². The van der Waals surface area contributed by atoms with Crippen molar-refractivity contribution in [2.45, 2.75) is 58.5 Å². The summed E-state index contributed by atoms with van der Waals surface area (Å²) in [6.07, 6.45) is 4.03. The Morgan fingerprint density at radius 3 is 2.40 bits per heavy atom. The van der Waals surface area contributed by atoms with Crippen LogP contribution in [0, 0.1) is 13.8 Å². The molecule has 1 aliphatic rings. The first-order valence-electron chi connectivity index (χ1n) is 5.71. The number of thiazole rings is 1. The van der Waals surface area contributed by atoms with Crippen molar-refractivity contribution in [3.63, 3.8) is 0 Å². The minimum atomic E-state index is 0.0365. The Balaban J connectivity index is 2.12. The van der Waals surface area contributed by atoms with Crippen LogP contribution in [0.4, 0.5) is 0 Å². The van der Waals surface area contributed by atoms with Gasteiger partial charge in [-0.15, -0.1) is 11.3 Å². The molecule has 0 aromatic carbocycles. The van der Waals surface area contributed by atoms with Gasteiger partial charge in [0, 0.05) is 10.9 Å².